The molecular weight excluding hydrogens is 360 g/mol. The zero-order valence-corrected chi connectivity index (χ0v) is 16.8. The molecule has 2 aromatic rings. The first-order valence-corrected chi connectivity index (χ1v) is 10.3. The van der Waals surface area contributed by atoms with E-state index in [1.54, 1.807) is 13.3 Å². The van der Waals surface area contributed by atoms with Gasteiger partial charge < -0.3 is 15.0 Å². The van der Waals surface area contributed by atoms with E-state index in [-0.39, 0.29) is 18.1 Å². The Balaban J connectivity index is 1.46. The molecule has 1 N–H and O–H groups in total. The number of aromatic nitrogens is 2. The number of aryl methyl sites for hydroxylation is 2. The molecule has 0 spiro atoms. The van der Waals surface area contributed by atoms with Crippen LogP contribution in [-0.2, 0) is 4.74 Å². The molecule has 7 heteroatoms. The van der Waals surface area contributed by atoms with Crippen LogP contribution in [0.3, 0.4) is 0 Å². The number of nitrogens with zero attached hydrogens (tertiary/aromatic N) is 3. The maximum Gasteiger partial charge on any atom is 0.265 e. The summed E-state index contributed by atoms with van der Waals surface area (Å²) >= 11 is 1.50. The molecule has 1 aliphatic carbocycles. The van der Waals surface area contributed by atoms with Crippen LogP contribution in [-0.4, -0.2) is 53.1 Å². The van der Waals surface area contributed by atoms with Crippen LogP contribution in [0.5, 0.6) is 0 Å². The van der Waals surface area contributed by atoms with Gasteiger partial charge in [-0.25, -0.2) is 9.97 Å². The Kier molecular flexibility index (Phi) is 5.14. The third kappa shape index (κ3) is 3.71. The molecule has 2 fully saturated rings. The van der Waals surface area contributed by atoms with Crippen molar-refractivity contribution in [1.29, 1.82) is 0 Å². The summed E-state index contributed by atoms with van der Waals surface area (Å²) in [5, 5.41) is 4.49. The molecule has 144 valence electrons. The Morgan fingerprint density at radius 2 is 2.04 bits per heavy atom. The highest BCUT2D eigenvalue weighted by Crippen LogP contribution is 2.39. The van der Waals surface area contributed by atoms with E-state index in [1.165, 1.54) is 11.3 Å². The van der Waals surface area contributed by atoms with Crippen molar-refractivity contribution in [2.45, 2.75) is 38.8 Å². The number of likely N-dealkylation sites (tertiary alicyclic amines) is 1. The Labute approximate surface area is 164 Å². The van der Waals surface area contributed by atoms with Crippen LogP contribution >= 0.6 is 11.3 Å². The SMILES string of the molecule is CO[C@@H]1C[C@H]2CN(C(=O)c3sc(C)nc3C)C[C@H]2C[C@H]1Nc1ccccn1. The minimum atomic E-state index is 0.135. The molecule has 6 nitrogen and oxygen atoms in total. The van der Waals surface area contributed by atoms with E-state index in [0.717, 1.165) is 47.3 Å². The summed E-state index contributed by atoms with van der Waals surface area (Å²) in [5.74, 6) is 2.01. The number of hydrogen-bond acceptors (Lipinski definition) is 6. The lowest BCUT2D eigenvalue weighted by atomic mass is 9.77. The predicted molar refractivity (Wildman–Crippen MR) is 106 cm³/mol. The van der Waals surface area contributed by atoms with E-state index in [4.69, 9.17) is 4.74 Å². The molecule has 1 saturated carbocycles. The fourth-order valence-electron chi connectivity index (χ4n) is 4.50. The topological polar surface area (TPSA) is 67.3 Å². The lowest BCUT2D eigenvalue weighted by Gasteiger charge is -2.37. The number of carbonyl (C=O) groups excluding carboxylic acids is 1. The first-order valence-electron chi connectivity index (χ1n) is 9.48. The smallest absolute Gasteiger partial charge is 0.265 e. The first kappa shape index (κ1) is 18.4. The van der Waals surface area contributed by atoms with Crippen LogP contribution in [0.1, 0.15) is 33.2 Å². The summed E-state index contributed by atoms with van der Waals surface area (Å²) in [5.41, 5.74) is 0.849. The summed E-state index contributed by atoms with van der Waals surface area (Å²) in [6, 6.07) is 6.10. The zero-order chi connectivity index (χ0) is 19.0. The molecule has 1 saturated heterocycles. The van der Waals surface area contributed by atoms with E-state index in [0.29, 0.717) is 11.8 Å². The molecule has 3 heterocycles. The number of fused-ring (bicyclic) bond motifs is 1. The lowest BCUT2D eigenvalue weighted by molar-refractivity contribution is 0.0304. The summed E-state index contributed by atoms with van der Waals surface area (Å²) in [6.45, 7) is 5.51. The fraction of sp³-hybridized carbons (Fsp3) is 0.550. The first-order chi connectivity index (χ1) is 13.0. The van der Waals surface area contributed by atoms with Crippen molar-refractivity contribution in [3.8, 4) is 0 Å². The fourth-order valence-corrected chi connectivity index (χ4v) is 5.39. The van der Waals surface area contributed by atoms with Gasteiger partial charge in [0.25, 0.3) is 5.91 Å². The number of ether oxygens (including phenoxy) is 1. The van der Waals surface area contributed by atoms with E-state index in [2.05, 4.69) is 15.3 Å². The van der Waals surface area contributed by atoms with Crippen LogP contribution in [0.4, 0.5) is 5.82 Å². The van der Waals surface area contributed by atoms with Gasteiger partial charge in [-0.1, -0.05) is 6.07 Å². The van der Waals surface area contributed by atoms with E-state index in [9.17, 15) is 4.79 Å². The summed E-state index contributed by atoms with van der Waals surface area (Å²) in [6.07, 6.45) is 3.89. The third-order valence-corrected chi connectivity index (χ3v) is 6.86. The van der Waals surface area contributed by atoms with Crippen molar-refractivity contribution in [2.24, 2.45) is 11.8 Å². The van der Waals surface area contributed by atoms with Gasteiger partial charge in [-0.05, 0) is 50.7 Å². The van der Waals surface area contributed by atoms with Gasteiger partial charge in [-0.2, -0.15) is 0 Å². The molecule has 0 bridgehead atoms. The molecule has 0 unspecified atom stereocenters. The average molecular weight is 387 g/mol. The molecule has 4 rings (SSSR count). The number of anilines is 1. The van der Waals surface area contributed by atoms with E-state index in [1.807, 2.05) is 36.9 Å². The molecule has 4 atom stereocenters. The van der Waals surface area contributed by atoms with Gasteiger partial charge in [0, 0.05) is 26.4 Å². The lowest BCUT2D eigenvalue weighted by Crippen LogP contribution is -2.44. The van der Waals surface area contributed by atoms with Gasteiger partial charge in [0.05, 0.1) is 22.8 Å². The summed E-state index contributed by atoms with van der Waals surface area (Å²) in [4.78, 5) is 24.6. The third-order valence-electron chi connectivity index (χ3n) is 5.80. The largest absolute Gasteiger partial charge is 0.379 e. The Morgan fingerprint density at radius 1 is 1.26 bits per heavy atom. The second kappa shape index (κ2) is 7.56. The van der Waals surface area contributed by atoms with Crippen LogP contribution in [0, 0.1) is 25.7 Å². The van der Waals surface area contributed by atoms with Gasteiger partial charge in [0.1, 0.15) is 10.7 Å². The van der Waals surface area contributed by atoms with Crippen molar-refractivity contribution in [3.05, 3.63) is 40.0 Å². The van der Waals surface area contributed by atoms with Gasteiger partial charge in [0.2, 0.25) is 0 Å². The van der Waals surface area contributed by atoms with Crippen LogP contribution in [0.25, 0.3) is 0 Å². The molecule has 2 aromatic heterocycles. The maximum absolute atomic E-state index is 13.0. The van der Waals surface area contributed by atoms with Crippen molar-refractivity contribution >= 4 is 23.1 Å². The highest BCUT2D eigenvalue weighted by Gasteiger charge is 2.44. The van der Waals surface area contributed by atoms with E-state index < -0.39 is 0 Å². The second-order valence-corrected chi connectivity index (χ2v) is 8.79. The van der Waals surface area contributed by atoms with Crippen molar-refractivity contribution in [3.63, 3.8) is 0 Å². The molecule has 0 radical (unpaired) electrons. The highest BCUT2D eigenvalue weighted by atomic mass is 32.1. The highest BCUT2D eigenvalue weighted by molar-refractivity contribution is 7.13. The number of thiazole rings is 1. The minimum Gasteiger partial charge on any atom is -0.379 e. The zero-order valence-electron chi connectivity index (χ0n) is 16.0. The second-order valence-electron chi connectivity index (χ2n) is 7.59. The molecule has 27 heavy (non-hydrogen) atoms. The maximum atomic E-state index is 13.0. The number of pyridine rings is 1. The number of rotatable bonds is 4. The molecule has 1 amide bonds. The molecule has 2 aliphatic rings. The van der Waals surface area contributed by atoms with Crippen molar-refractivity contribution in [1.82, 2.24) is 14.9 Å². The van der Waals surface area contributed by atoms with Gasteiger partial charge >= 0.3 is 0 Å². The monoisotopic (exact) mass is 386 g/mol. The number of nitrogens with one attached hydrogen (secondary N) is 1. The summed E-state index contributed by atoms with van der Waals surface area (Å²) in [7, 11) is 1.78. The number of hydrogen-bond donors (Lipinski definition) is 1. The van der Waals surface area contributed by atoms with Gasteiger partial charge in [0.15, 0.2) is 0 Å². The normalized spacial score (nSPS) is 27.4. The van der Waals surface area contributed by atoms with Crippen molar-refractivity contribution in [2.75, 3.05) is 25.5 Å². The van der Waals surface area contributed by atoms with Crippen LogP contribution in [0.2, 0.25) is 0 Å². The Bertz CT molecular complexity index is 810. The number of methoxy groups -OCH3 is 1. The Hall–Kier alpha value is -1.99. The van der Waals surface area contributed by atoms with Crippen LogP contribution in [0.15, 0.2) is 24.4 Å². The van der Waals surface area contributed by atoms with Gasteiger partial charge in [-0.3, -0.25) is 4.79 Å². The minimum absolute atomic E-state index is 0.135. The van der Waals surface area contributed by atoms with Crippen LogP contribution < -0.4 is 5.32 Å². The molecule has 1 aliphatic heterocycles. The average Bonchev–Trinajstić information content (AvgIpc) is 3.23. The quantitative estimate of drug-likeness (QED) is 0.874. The van der Waals surface area contributed by atoms with Crippen molar-refractivity contribution < 1.29 is 9.53 Å². The Morgan fingerprint density at radius 3 is 2.67 bits per heavy atom. The standard InChI is InChI=1S/C20H26N4O2S/c1-12-19(27-13(2)22-12)20(25)24-10-14-8-16(17(26-3)9-15(14)11-24)23-18-6-4-5-7-21-18/h4-7,14-17H,8-11H2,1-3H3,(H,21,23)/t14-,15+,16-,17-/m1/s1. The number of amides is 1. The summed E-state index contributed by atoms with van der Waals surface area (Å²) < 4.78 is 5.79. The molecule has 0 aromatic carbocycles. The molecular formula is C20H26N4O2S. The van der Waals surface area contributed by atoms with Gasteiger partial charge in [-0.15, -0.1) is 11.3 Å². The number of carbonyl (C=O) groups is 1. The predicted octanol–water partition coefficient (Wildman–Crippen LogP) is 3.13. The van der Waals surface area contributed by atoms with E-state index >= 15 is 0 Å².